The molecule has 0 saturated carbocycles. The minimum atomic E-state index is -1.07. The molecular formula is C6H8O3. The summed E-state index contributed by atoms with van der Waals surface area (Å²) in [7, 11) is 0. The van der Waals surface area contributed by atoms with Crippen LogP contribution in [0.5, 0.6) is 0 Å². The highest BCUT2D eigenvalue weighted by Gasteiger charge is 2.33. The van der Waals surface area contributed by atoms with Gasteiger partial charge >= 0.3 is 5.97 Å². The Balaban J connectivity index is 2.74. The Labute approximate surface area is 52.9 Å². The Bertz CT molecular complexity index is 162. The van der Waals surface area contributed by atoms with Crippen LogP contribution in [-0.4, -0.2) is 23.3 Å². The first-order valence-corrected chi connectivity index (χ1v) is 2.70. The summed E-state index contributed by atoms with van der Waals surface area (Å²) >= 11 is 0. The van der Waals surface area contributed by atoms with Crippen molar-refractivity contribution in [3.63, 3.8) is 0 Å². The first kappa shape index (κ1) is 6.29. The van der Waals surface area contributed by atoms with Crippen molar-refractivity contribution < 1.29 is 14.6 Å². The Morgan fingerprint density at radius 1 is 1.89 bits per heavy atom. The summed E-state index contributed by atoms with van der Waals surface area (Å²) in [6, 6.07) is 0. The fourth-order valence-electron chi connectivity index (χ4n) is 0.675. The Kier molecular flexibility index (Phi) is 1.29. The lowest BCUT2D eigenvalue weighted by molar-refractivity contribution is -0.154. The Hall–Kier alpha value is -0.830. The van der Waals surface area contributed by atoms with Gasteiger partial charge in [-0.25, -0.2) is 4.79 Å². The van der Waals surface area contributed by atoms with Gasteiger partial charge in [-0.1, -0.05) is 6.08 Å². The standard InChI is InChI=1S/C6H8O3/c1-6(5(7)8)3-2-4-9-6/h2-3H,4H2,1H3,(H,7,8). The molecular weight excluding hydrogens is 120 g/mol. The van der Waals surface area contributed by atoms with Crippen LogP contribution >= 0.6 is 0 Å². The van der Waals surface area contributed by atoms with E-state index in [1.54, 1.807) is 12.2 Å². The average molecular weight is 128 g/mol. The van der Waals surface area contributed by atoms with Gasteiger partial charge in [0.05, 0.1) is 6.61 Å². The molecule has 1 N–H and O–H groups in total. The van der Waals surface area contributed by atoms with Crippen molar-refractivity contribution in [2.75, 3.05) is 6.61 Å². The van der Waals surface area contributed by atoms with E-state index in [2.05, 4.69) is 0 Å². The number of carboxylic acids is 1. The van der Waals surface area contributed by atoms with Crippen molar-refractivity contribution in [2.45, 2.75) is 12.5 Å². The van der Waals surface area contributed by atoms with Gasteiger partial charge in [-0.3, -0.25) is 0 Å². The maximum absolute atomic E-state index is 10.3. The molecule has 50 valence electrons. The van der Waals surface area contributed by atoms with Gasteiger partial charge < -0.3 is 9.84 Å². The molecule has 1 atom stereocenters. The molecule has 0 amide bonds. The van der Waals surface area contributed by atoms with E-state index in [1.807, 2.05) is 0 Å². The van der Waals surface area contributed by atoms with E-state index in [9.17, 15) is 4.79 Å². The normalized spacial score (nSPS) is 33.0. The van der Waals surface area contributed by atoms with E-state index in [4.69, 9.17) is 9.84 Å². The fourth-order valence-corrected chi connectivity index (χ4v) is 0.675. The molecule has 0 spiro atoms. The van der Waals surface area contributed by atoms with Crippen LogP contribution < -0.4 is 0 Å². The van der Waals surface area contributed by atoms with Gasteiger partial charge in [-0.05, 0) is 13.0 Å². The summed E-state index contributed by atoms with van der Waals surface area (Å²) in [5.41, 5.74) is -1.07. The molecule has 1 rings (SSSR count). The lowest BCUT2D eigenvalue weighted by Gasteiger charge is -2.14. The molecule has 0 bridgehead atoms. The van der Waals surface area contributed by atoms with Crippen molar-refractivity contribution in [3.05, 3.63) is 12.2 Å². The van der Waals surface area contributed by atoms with E-state index in [0.29, 0.717) is 6.61 Å². The third kappa shape index (κ3) is 0.954. The van der Waals surface area contributed by atoms with Crippen LogP contribution in [0.15, 0.2) is 12.2 Å². The first-order chi connectivity index (χ1) is 4.15. The zero-order valence-corrected chi connectivity index (χ0v) is 5.13. The van der Waals surface area contributed by atoms with Gasteiger partial charge in [0.25, 0.3) is 0 Å². The van der Waals surface area contributed by atoms with Crippen LogP contribution in [0.2, 0.25) is 0 Å². The molecule has 1 unspecified atom stereocenters. The van der Waals surface area contributed by atoms with Gasteiger partial charge in [-0.2, -0.15) is 0 Å². The quantitative estimate of drug-likeness (QED) is 0.520. The number of aliphatic carboxylic acids is 1. The minimum absolute atomic E-state index is 0.406. The maximum atomic E-state index is 10.3. The highest BCUT2D eigenvalue weighted by molar-refractivity contribution is 5.80. The van der Waals surface area contributed by atoms with Gasteiger partial charge in [0.1, 0.15) is 0 Å². The SMILES string of the molecule is CC1(C(=O)O)C=CCO1. The third-order valence-corrected chi connectivity index (χ3v) is 1.34. The highest BCUT2D eigenvalue weighted by atomic mass is 16.5. The summed E-state index contributed by atoms with van der Waals surface area (Å²) in [5, 5.41) is 8.50. The van der Waals surface area contributed by atoms with Crippen molar-refractivity contribution in [1.29, 1.82) is 0 Å². The summed E-state index contributed by atoms with van der Waals surface area (Å²) in [4.78, 5) is 10.3. The zero-order valence-electron chi connectivity index (χ0n) is 5.13. The van der Waals surface area contributed by atoms with Crippen LogP contribution in [0.25, 0.3) is 0 Å². The van der Waals surface area contributed by atoms with Crippen LogP contribution in [0, 0.1) is 0 Å². The summed E-state index contributed by atoms with van der Waals surface area (Å²) in [6.45, 7) is 1.93. The largest absolute Gasteiger partial charge is 0.479 e. The summed E-state index contributed by atoms with van der Waals surface area (Å²) < 4.78 is 4.89. The fraction of sp³-hybridized carbons (Fsp3) is 0.500. The van der Waals surface area contributed by atoms with E-state index >= 15 is 0 Å². The second-order valence-electron chi connectivity index (χ2n) is 2.13. The van der Waals surface area contributed by atoms with Crippen molar-refractivity contribution in [1.82, 2.24) is 0 Å². The van der Waals surface area contributed by atoms with Gasteiger partial charge in [0.2, 0.25) is 0 Å². The predicted molar refractivity (Wildman–Crippen MR) is 31.1 cm³/mol. The minimum Gasteiger partial charge on any atom is -0.479 e. The molecule has 0 aromatic rings. The number of carboxylic acid groups (broad SMARTS) is 1. The molecule has 1 aliphatic rings. The predicted octanol–water partition coefficient (Wildman–Crippen LogP) is 0.416. The zero-order chi connectivity index (χ0) is 6.91. The number of hydrogen-bond acceptors (Lipinski definition) is 2. The van der Waals surface area contributed by atoms with Crippen LogP contribution in [0.1, 0.15) is 6.92 Å². The molecule has 0 aliphatic carbocycles. The molecule has 1 aliphatic heterocycles. The molecule has 1 heterocycles. The van der Waals surface area contributed by atoms with Crippen molar-refractivity contribution in [3.8, 4) is 0 Å². The number of carbonyl (C=O) groups is 1. The van der Waals surface area contributed by atoms with Crippen LogP contribution in [0.4, 0.5) is 0 Å². The molecule has 0 fully saturated rings. The topological polar surface area (TPSA) is 46.5 Å². The van der Waals surface area contributed by atoms with Crippen LogP contribution in [-0.2, 0) is 9.53 Å². The summed E-state index contributed by atoms with van der Waals surface area (Å²) in [5.74, 6) is -0.934. The lowest BCUT2D eigenvalue weighted by Crippen LogP contribution is -2.33. The molecule has 0 aromatic heterocycles. The summed E-state index contributed by atoms with van der Waals surface area (Å²) in [6.07, 6.45) is 3.25. The lowest BCUT2D eigenvalue weighted by atomic mass is 10.1. The van der Waals surface area contributed by atoms with Gasteiger partial charge in [-0.15, -0.1) is 0 Å². The number of rotatable bonds is 1. The van der Waals surface area contributed by atoms with Crippen molar-refractivity contribution >= 4 is 5.97 Å². The molecule has 0 aromatic carbocycles. The molecule has 3 heteroatoms. The second-order valence-corrected chi connectivity index (χ2v) is 2.13. The van der Waals surface area contributed by atoms with Crippen LogP contribution in [0.3, 0.4) is 0 Å². The highest BCUT2D eigenvalue weighted by Crippen LogP contribution is 2.17. The van der Waals surface area contributed by atoms with Crippen molar-refractivity contribution in [2.24, 2.45) is 0 Å². The van der Waals surface area contributed by atoms with E-state index in [0.717, 1.165) is 0 Å². The molecule has 9 heavy (non-hydrogen) atoms. The third-order valence-electron chi connectivity index (χ3n) is 1.34. The monoisotopic (exact) mass is 128 g/mol. The molecule has 3 nitrogen and oxygen atoms in total. The average Bonchev–Trinajstić information content (AvgIpc) is 2.16. The van der Waals surface area contributed by atoms with Gasteiger partial charge in [0.15, 0.2) is 5.60 Å². The molecule has 0 radical (unpaired) electrons. The van der Waals surface area contributed by atoms with E-state index in [1.165, 1.54) is 6.92 Å². The Morgan fingerprint density at radius 2 is 2.56 bits per heavy atom. The van der Waals surface area contributed by atoms with E-state index < -0.39 is 11.6 Å². The number of hydrogen-bond donors (Lipinski definition) is 1. The Morgan fingerprint density at radius 3 is 2.78 bits per heavy atom. The second kappa shape index (κ2) is 1.84. The van der Waals surface area contributed by atoms with E-state index in [-0.39, 0.29) is 0 Å². The maximum Gasteiger partial charge on any atom is 0.339 e. The van der Waals surface area contributed by atoms with Gasteiger partial charge in [0, 0.05) is 0 Å². The first-order valence-electron chi connectivity index (χ1n) is 2.70. The molecule has 0 saturated heterocycles. The smallest absolute Gasteiger partial charge is 0.339 e. The number of ether oxygens (including phenoxy) is 1.